The van der Waals surface area contributed by atoms with Gasteiger partial charge in [0.25, 0.3) is 0 Å². The zero-order chi connectivity index (χ0) is 18.0. The lowest BCUT2D eigenvalue weighted by atomic mass is 10.0. The van der Waals surface area contributed by atoms with Gasteiger partial charge in [-0.3, -0.25) is 9.59 Å². The molecule has 3 heterocycles. The summed E-state index contributed by atoms with van der Waals surface area (Å²) in [7, 11) is 0. The van der Waals surface area contributed by atoms with Gasteiger partial charge in [0.1, 0.15) is 11.5 Å². The summed E-state index contributed by atoms with van der Waals surface area (Å²) in [5, 5.41) is 2.96. The van der Waals surface area contributed by atoms with Crippen LogP contribution in [0.5, 0.6) is 0 Å². The van der Waals surface area contributed by atoms with Crippen LogP contribution >= 0.6 is 11.3 Å². The van der Waals surface area contributed by atoms with Crippen molar-refractivity contribution >= 4 is 23.2 Å². The average Bonchev–Trinajstić information content (AvgIpc) is 3.25. The van der Waals surface area contributed by atoms with E-state index in [0.717, 1.165) is 22.1 Å². The van der Waals surface area contributed by atoms with Crippen LogP contribution < -0.4 is 5.32 Å². The smallest absolute Gasteiger partial charge is 0.223 e. The van der Waals surface area contributed by atoms with Gasteiger partial charge >= 0.3 is 0 Å². The first kappa shape index (κ1) is 17.7. The van der Waals surface area contributed by atoms with Crippen molar-refractivity contribution in [2.24, 2.45) is 0 Å². The zero-order valence-electron chi connectivity index (χ0n) is 14.7. The lowest BCUT2D eigenvalue weighted by Crippen LogP contribution is -2.39. The lowest BCUT2D eigenvalue weighted by molar-refractivity contribution is -0.130. The third-order valence-corrected chi connectivity index (χ3v) is 5.59. The van der Waals surface area contributed by atoms with Gasteiger partial charge in [0.05, 0.1) is 23.2 Å². The number of furan rings is 1. The minimum atomic E-state index is -0.114. The molecule has 1 aliphatic rings. The average molecular weight is 361 g/mol. The van der Waals surface area contributed by atoms with Crippen LogP contribution in [0.25, 0.3) is 0 Å². The van der Waals surface area contributed by atoms with E-state index in [2.05, 4.69) is 10.3 Å². The number of amides is 2. The van der Waals surface area contributed by atoms with E-state index in [0.29, 0.717) is 25.9 Å². The molecule has 0 aromatic carbocycles. The third-order valence-electron chi connectivity index (χ3n) is 4.60. The number of aryl methyl sites for hydroxylation is 3. The molecule has 0 saturated carbocycles. The van der Waals surface area contributed by atoms with Crippen LogP contribution in [0.2, 0.25) is 0 Å². The summed E-state index contributed by atoms with van der Waals surface area (Å²) in [5.41, 5.74) is 2.81. The molecule has 0 radical (unpaired) electrons. The lowest BCUT2D eigenvalue weighted by Gasteiger charge is -2.17. The molecule has 0 unspecified atom stereocenters. The summed E-state index contributed by atoms with van der Waals surface area (Å²) in [6, 6.07) is 3.73. The van der Waals surface area contributed by atoms with Gasteiger partial charge in [0, 0.05) is 31.3 Å². The number of rotatable bonds is 5. The van der Waals surface area contributed by atoms with Gasteiger partial charge in [-0.2, -0.15) is 0 Å². The van der Waals surface area contributed by atoms with Crippen molar-refractivity contribution in [2.75, 3.05) is 13.1 Å². The number of hydrogen-bond donors (Lipinski definition) is 1. The van der Waals surface area contributed by atoms with Crippen molar-refractivity contribution in [2.45, 2.75) is 45.6 Å². The quantitative estimate of drug-likeness (QED) is 0.887. The Hall–Kier alpha value is -2.15. The van der Waals surface area contributed by atoms with E-state index in [-0.39, 0.29) is 23.8 Å². The highest BCUT2D eigenvalue weighted by Crippen LogP contribution is 2.30. The van der Waals surface area contributed by atoms with Crippen molar-refractivity contribution in [3.05, 3.63) is 39.7 Å². The van der Waals surface area contributed by atoms with Gasteiger partial charge < -0.3 is 14.6 Å². The molecule has 2 amide bonds. The zero-order valence-corrected chi connectivity index (χ0v) is 15.6. The van der Waals surface area contributed by atoms with Crippen LogP contribution in [0.1, 0.15) is 41.4 Å². The Morgan fingerprint density at radius 1 is 1.36 bits per heavy atom. The van der Waals surface area contributed by atoms with Crippen LogP contribution in [-0.2, 0) is 16.0 Å². The first-order valence-electron chi connectivity index (χ1n) is 8.44. The van der Waals surface area contributed by atoms with Crippen LogP contribution in [0, 0.1) is 13.8 Å². The Balaban J connectivity index is 1.66. The summed E-state index contributed by atoms with van der Waals surface area (Å²) in [4.78, 5) is 31.4. The fourth-order valence-electron chi connectivity index (χ4n) is 3.30. The van der Waals surface area contributed by atoms with E-state index in [9.17, 15) is 9.59 Å². The summed E-state index contributed by atoms with van der Waals surface area (Å²) < 4.78 is 5.75. The molecule has 3 rings (SSSR count). The van der Waals surface area contributed by atoms with E-state index >= 15 is 0 Å². The summed E-state index contributed by atoms with van der Waals surface area (Å²) in [6.45, 7) is 6.45. The molecular formula is C18H23N3O3S. The highest BCUT2D eigenvalue weighted by Gasteiger charge is 2.38. The molecule has 1 aliphatic heterocycles. The first-order chi connectivity index (χ1) is 11.9. The molecule has 2 aromatic rings. The van der Waals surface area contributed by atoms with E-state index in [1.807, 2.05) is 36.4 Å². The number of carbonyl (C=O) groups is 2. The topological polar surface area (TPSA) is 75.4 Å². The second kappa shape index (κ2) is 7.39. The molecule has 6 nitrogen and oxygen atoms in total. The van der Waals surface area contributed by atoms with Gasteiger partial charge in [-0.1, -0.05) is 0 Å². The second-order valence-electron chi connectivity index (χ2n) is 6.52. The molecule has 1 fully saturated rings. The molecule has 2 aromatic heterocycles. The van der Waals surface area contributed by atoms with E-state index in [4.69, 9.17) is 4.42 Å². The Morgan fingerprint density at radius 2 is 2.16 bits per heavy atom. The fraction of sp³-hybridized carbons (Fsp3) is 0.500. The SMILES string of the molecule is CC(=O)N[C@@H]1CN(C(=O)CCc2scnc2C)C[C@H]1c1ccc(C)o1. The molecule has 134 valence electrons. The molecule has 7 heteroatoms. The largest absolute Gasteiger partial charge is 0.466 e. The minimum Gasteiger partial charge on any atom is -0.466 e. The summed E-state index contributed by atoms with van der Waals surface area (Å²) >= 11 is 1.59. The standard InChI is InChI=1S/C18H23N3O3S/c1-11-4-5-16(24-11)14-8-21(9-15(14)20-13(3)22)18(23)7-6-17-12(2)19-10-25-17/h4-5,10,14-15H,6-9H2,1-3H3,(H,20,22)/t14-,15-/m1/s1. The maximum Gasteiger partial charge on any atom is 0.223 e. The molecule has 0 bridgehead atoms. The van der Waals surface area contributed by atoms with Gasteiger partial charge in [0.2, 0.25) is 11.8 Å². The number of carbonyl (C=O) groups excluding carboxylic acids is 2. The summed E-state index contributed by atoms with van der Waals surface area (Å²) in [5.74, 6) is 1.67. The number of aromatic nitrogens is 1. The Kier molecular flexibility index (Phi) is 5.22. The van der Waals surface area contributed by atoms with E-state index < -0.39 is 0 Å². The molecule has 1 saturated heterocycles. The van der Waals surface area contributed by atoms with Crippen molar-refractivity contribution in [3.63, 3.8) is 0 Å². The van der Waals surface area contributed by atoms with Gasteiger partial charge in [-0.25, -0.2) is 4.98 Å². The van der Waals surface area contributed by atoms with Gasteiger partial charge in [-0.15, -0.1) is 11.3 Å². The maximum atomic E-state index is 12.6. The Bertz CT molecular complexity index is 767. The normalized spacial score (nSPS) is 20.0. The number of thiazole rings is 1. The van der Waals surface area contributed by atoms with Crippen molar-refractivity contribution < 1.29 is 14.0 Å². The van der Waals surface area contributed by atoms with E-state index in [1.165, 1.54) is 6.92 Å². The molecule has 0 spiro atoms. The van der Waals surface area contributed by atoms with Gasteiger partial charge in [0.15, 0.2) is 0 Å². The number of nitrogens with zero attached hydrogens (tertiary/aromatic N) is 2. The first-order valence-corrected chi connectivity index (χ1v) is 9.32. The number of likely N-dealkylation sites (tertiary alicyclic amines) is 1. The molecule has 25 heavy (non-hydrogen) atoms. The van der Waals surface area contributed by atoms with Crippen LogP contribution in [0.4, 0.5) is 0 Å². The number of hydrogen-bond acceptors (Lipinski definition) is 5. The Morgan fingerprint density at radius 3 is 2.76 bits per heavy atom. The highest BCUT2D eigenvalue weighted by atomic mass is 32.1. The maximum absolute atomic E-state index is 12.6. The van der Waals surface area contributed by atoms with Crippen molar-refractivity contribution in [3.8, 4) is 0 Å². The van der Waals surface area contributed by atoms with Gasteiger partial charge in [-0.05, 0) is 32.4 Å². The molecular weight excluding hydrogens is 338 g/mol. The van der Waals surface area contributed by atoms with Crippen LogP contribution in [-0.4, -0.2) is 40.8 Å². The number of nitrogens with one attached hydrogen (secondary N) is 1. The summed E-state index contributed by atoms with van der Waals surface area (Å²) in [6.07, 6.45) is 1.17. The van der Waals surface area contributed by atoms with E-state index in [1.54, 1.807) is 11.3 Å². The minimum absolute atomic E-state index is 0.00769. The fourth-order valence-corrected chi connectivity index (χ4v) is 4.08. The highest BCUT2D eigenvalue weighted by molar-refractivity contribution is 7.09. The van der Waals surface area contributed by atoms with Crippen LogP contribution in [0.15, 0.2) is 22.1 Å². The second-order valence-corrected chi connectivity index (χ2v) is 7.46. The van der Waals surface area contributed by atoms with Crippen molar-refractivity contribution in [1.29, 1.82) is 0 Å². The monoisotopic (exact) mass is 361 g/mol. The van der Waals surface area contributed by atoms with Crippen molar-refractivity contribution in [1.82, 2.24) is 15.2 Å². The molecule has 1 N–H and O–H groups in total. The third kappa shape index (κ3) is 4.10. The molecule has 0 aliphatic carbocycles. The predicted molar refractivity (Wildman–Crippen MR) is 95.5 cm³/mol. The molecule has 2 atom stereocenters. The van der Waals surface area contributed by atoms with Crippen LogP contribution in [0.3, 0.4) is 0 Å². The Labute approximate surface area is 151 Å². The predicted octanol–water partition coefficient (Wildman–Crippen LogP) is 2.42.